The molecule has 2 rings (SSSR count). The van der Waals surface area contributed by atoms with Crippen molar-refractivity contribution in [2.24, 2.45) is 5.92 Å². The summed E-state index contributed by atoms with van der Waals surface area (Å²) >= 11 is 12.3. The molecule has 16 heavy (non-hydrogen) atoms. The molecule has 3 heteroatoms. The lowest BCUT2D eigenvalue weighted by atomic mass is 10.1. The summed E-state index contributed by atoms with van der Waals surface area (Å²) in [5.41, 5.74) is 2.05. The van der Waals surface area contributed by atoms with E-state index in [0.29, 0.717) is 5.02 Å². The number of rotatable bonds is 2. The van der Waals surface area contributed by atoms with E-state index in [9.17, 15) is 5.11 Å². The van der Waals surface area contributed by atoms with E-state index < -0.39 is 0 Å². The van der Waals surface area contributed by atoms with Crippen LogP contribution in [0.1, 0.15) is 25.3 Å². The molecule has 86 valence electrons. The van der Waals surface area contributed by atoms with Gasteiger partial charge in [0, 0.05) is 16.9 Å². The van der Waals surface area contributed by atoms with Gasteiger partial charge in [0.25, 0.3) is 0 Å². The molecule has 1 aromatic rings. The first-order valence-corrected chi connectivity index (χ1v) is 5.93. The maximum absolute atomic E-state index is 9.52. The number of benzene rings is 1. The molecular formula is C13H14Cl2O. The average Bonchev–Trinajstić information content (AvgIpc) is 2.67. The van der Waals surface area contributed by atoms with Gasteiger partial charge >= 0.3 is 0 Å². The first-order valence-electron chi connectivity index (χ1n) is 5.18. The van der Waals surface area contributed by atoms with Crippen LogP contribution in [-0.2, 0) is 0 Å². The van der Waals surface area contributed by atoms with E-state index in [1.165, 1.54) is 6.07 Å². The van der Waals surface area contributed by atoms with Gasteiger partial charge in [-0.15, -0.1) is 11.6 Å². The second-order valence-corrected chi connectivity index (χ2v) is 5.95. The number of phenols is 1. The first-order chi connectivity index (χ1) is 7.34. The van der Waals surface area contributed by atoms with Gasteiger partial charge in [0.1, 0.15) is 5.75 Å². The summed E-state index contributed by atoms with van der Waals surface area (Å²) in [4.78, 5) is -0.303. The zero-order valence-electron chi connectivity index (χ0n) is 9.30. The summed E-state index contributed by atoms with van der Waals surface area (Å²) in [7, 11) is 0. The van der Waals surface area contributed by atoms with Crippen molar-refractivity contribution in [3.8, 4) is 5.75 Å². The largest absolute Gasteiger partial charge is 0.508 e. The van der Waals surface area contributed by atoms with E-state index in [2.05, 4.69) is 6.58 Å². The molecule has 0 amide bonds. The molecule has 3 unspecified atom stereocenters. The van der Waals surface area contributed by atoms with Crippen molar-refractivity contribution in [3.05, 3.63) is 40.9 Å². The number of alkyl halides is 1. The minimum atomic E-state index is -0.303. The van der Waals surface area contributed by atoms with Crippen molar-refractivity contribution in [2.75, 3.05) is 0 Å². The van der Waals surface area contributed by atoms with Gasteiger partial charge in [-0.25, -0.2) is 0 Å². The smallest absolute Gasteiger partial charge is 0.117 e. The maximum Gasteiger partial charge on any atom is 0.117 e. The summed E-state index contributed by atoms with van der Waals surface area (Å²) in [6, 6.07) is 5.10. The minimum Gasteiger partial charge on any atom is -0.508 e. The van der Waals surface area contributed by atoms with E-state index in [1.807, 2.05) is 19.9 Å². The fraction of sp³-hybridized carbons (Fsp3) is 0.385. The van der Waals surface area contributed by atoms with Crippen LogP contribution >= 0.6 is 23.2 Å². The Balaban J connectivity index is 2.37. The van der Waals surface area contributed by atoms with E-state index in [0.717, 1.165) is 11.1 Å². The Morgan fingerprint density at radius 3 is 2.50 bits per heavy atom. The molecule has 1 aromatic carbocycles. The average molecular weight is 257 g/mol. The van der Waals surface area contributed by atoms with Crippen molar-refractivity contribution in [1.82, 2.24) is 0 Å². The number of hydrogen-bond donors (Lipinski definition) is 1. The fourth-order valence-electron chi connectivity index (χ4n) is 2.54. The van der Waals surface area contributed by atoms with E-state index >= 15 is 0 Å². The molecule has 0 aliphatic heterocycles. The van der Waals surface area contributed by atoms with Crippen LogP contribution in [0.25, 0.3) is 0 Å². The summed E-state index contributed by atoms with van der Waals surface area (Å²) < 4.78 is 0. The molecule has 0 saturated heterocycles. The second-order valence-electron chi connectivity index (χ2n) is 4.70. The Hall–Kier alpha value is -0.660. The molecule has 0 radical (unpaired) electrons. The van der Waals surface area contributed by atoms with Gasteiger partial charge in [0.05, 0.1) is 4.87 Å². The molecule has 1 N–H and O–H groups in total. The van der Waals surface area contributed by atoms with Crippen LogP contribution in [0.2, 0.25) is 5.02 Å². The van der Waals surface area contributed by atoms with Crippen LogP contribution in [0.3, 0.4) is 0 Å². The number of halogens is 2. The summed E-state index contributed by atoms with van der Waals surface area (Å²) in [5.74, 6) is 0.630. The number of allylic oxidation sites excluding steroid dienone is 1. The van der Waals surface area contributed by atoms with Gasteiger partial charge in [-0.1, -0.05) is 23.8 Å². The molecule has 3 atom stereocenters. The topological polar surface area (TPSA) is 20.2 Å². The van der Waals surface area contributed by atoms with E-state index in [-0.39, 0.29) is 22.5 Å². The molecule has 1 nitrogen and oxygen atoms in total. The summed E-state index contributed by atoms with van der Waals surface area (Å²) in [6.07, 6.45) is 0. The number of aromatic hydroxyl groups is 1. The molecule has 0 bridgehead atoms. The van der Waals surface area contributed by atoms with Crippen molar-refractivity contribution < 1.29 is 5.11 Å². The first kappa shape index (κ1) is 11.8. The number of phenolic OH excluding ortho intramolecular Hbond substituents is 1. The van der Waals surface area contributed by atoms with Crippen LogP contribution in [0, 0.1) is 5.92 Å². The predicted octanol–water partition coefficient (Wildman–Crippen LogP) is 4.33. The highest BCUT2D eigenvalue weighted by Gasteiger charge is 2.61. The molecule has 0 aromatic heterocycles. The Morgan fingerprint density at radius 2 is 2.06 bits per heavy atom. The Bertz CT molecular complexity index is 431. The van der Waals surface area contributed by atoms with Crippen molar-refractivity contribution in [1.29, 1.82) is 0 Å². The van der Waals surface area contributed by atoms with Gasteiger partial charge < -0.3 is 5.11 Å². The van der Waals surface area contributed by atoms with Crippen LogP contribution in [0.5, 0.6) is 5.75 Å². The van der Waals surface area contributed by atoms with E-state index in [4.69, 9.17) is 23.2 Å². The summed E-state index contributed by atoms with van der Waals surface area (Å²) in [5, 5.41) is 10.1. The van der Waals surface area contributed by atoms with Crippen LogP contribution in [0.15, 0.2) is 30.4 Å². The zero-order chi connectivity index (χ0) is 12.1. The lowest BCUT2D eigenvalue weighted by molar-refractivity contribution is 0.474. The third-order valence-electron chi connectivity index (χ3n) is 3.24. The van der Waals surface area contributed by atoms with Gasteiger partial charge in [-0.2, -0.15) is 0 Å². The third kappa shape index (κ3) is 1.83. The summed E-state index contributed by atoms with van der Waals surface area (Å²) in [6.45, 7) is 7.93. The lowest BCUT2D eigenvalue weighted by Gasteiger charge is -2.03. The van der Waals surface area contributed by atoms with Gasteiger partial charge in [-0.3, -0.25) is 0 Å². The zero-order valence-corrected chi connectivity index (χ0v) is 10.8. The standard InChI is InChI=1S/C13H14Cl2O/c1-7(2)11-12(13(11,3)15)8-4-9(14)6-10(16)5-8/h4-6,11-12,16H,1H2,2-3H3. The Morgan fingerprint density at radius 1 is 1.44 bits per heavy atom. The predicted molar refractivity (Wildman–Crippen MR) is 68.4 cm³/mol. The maximum atomic E-state index is 9.52. The van der Waals surface area contributed by atoms with Crippen molar-refractivity contribution in [2.45, 2.75) is 24.6 Å². The molecule has 0 spiro atoms. The molecule has 0 heterocycles. The normalized spacial score (nSPS) is 32.5. The Labute approximate surface area is 106 Å². The SMILES string of the molecule is C=C(C)C1C(c2cc(O)cc(Cl)c2)C1(C)Cl. The van der Waals surface area contributed by atoms with Gasteiger partial charge in [0.2, 0.25) is 0 Å². The Kier molecular flexibility index (Phi) is 2.72. The molecule has 1 aliphatic rings. The highest BCUT2D eigenvalue weighted by Crippen LogP contribution is 2.64. The van der Waals surface area contributed by atoms with Crippen molar-refractivity contribution in [3.63, 3.8) is 0 Å². The van der Waals surface area contributed by atoms with Crippen molar-refractivity contribution >= 4 is 23.2 Å². The fourth-order valence-corrected chi connectivity index (χ4v) is 3.28. The quantitative estimate of drug-likeness (QED) is 0.617. The third-order valence-corrected chi connectivity index (χ3v) is 3.92. The second kappa shape index (κ2) is 3.68. The number of hydrogen-bond acceptors (Lipinski definition) is 1. The molecule has 1 aliphatic carbocycles. The molecule has 1 saturated carbocycles. The van der Waals surface area contributed by atoms with Crippen LogP contribution in [-0.4, -0.2) is 9.98 Å². The lowest BCUT2D eigenvalue weighted by Crippen LogP contribution is -1.95. The highest BCUT2D eigenvalue weighted by atomic mass is 35.5. The van der Waals surface area contributed by atoms with Crippen LogP contribution in [0.4, 0.5) is 0 Å². The van der Waals surface area contributed by atoms with Gasteiger partial charge in [0.15, 0.2) is 0 Å². The van der Waals surface area contributed by atoms with Gasteiger partial charge in [-0.05, 0) is 37.6 Å². The molecule has 1 fully saturated rings. The highest BCUT2D eigenvalue weighted by molar-refractivity contribution is 6.31. The minimum absolute atomic E-state index is 0.183. The van der Waals surface area contributed by atoms with E-state index in [1.54, 1.807) is 6.07 Å². The molecular weight excluding hydrogens is 243 g/mol. The monoisotopic (exact) mass is 256 g/mol. The van der Waals surface area contributed by atoms with Crippen LogP contribution < -0.4 is 0 Å².